The minimum atomic E-state index is -0.127. The zero-order valence-electron chi connectivity index (χ0n) is 14.0. The van der Waals surface area contributed by atoms with Gasteiger partial charge in [0.2, 0.25) is 11.8 Å². The standard InChI is InChI=1S/C21H18N2O2/c1-16-19(23-21(25-16)18-12-6-3-7-13-18)15-20(24)22-14-8-11-17-9-4-2-5-10-17/h2-7,9-10,12-13H,14-15H2,1H3,(H,22,24). The van der Waals surface area contributed by atoms with Crippen LogP contribution in [0.2, 0.25) is 0 Å². The van der Waals surface area contributed by atoms with E-state index in [2.05, 4.69) is 22.1 Å². The second kappa shape index (κ2) is 7.98. The van der Waals surface area contributed by atoms with Gasteiger partial charge >= 0.3 is 0 Å². The molecule has 0 fully saturated rings. The van der Waals surface area contributed by atoms with E-state index in [0.29, 0.717) is 23.9 Å². The van der Waals surface area contributed by atoms with Crippen molar-refractivity contribution in [2.45, 2.75) is 13.3 Å². The molecule has 0 saturated heterocycles. The van der Waals surface area contributed by atoms with E-state index in [1.807, 2.05) is 67.6 Å². The lowest BCUT2D eigenvalue weighted by Crippen LogP contribution is -2.25. The SMILES string of the molecule is Cc1oc(-c2ccccc2)nc1CC(=O)NCC#Cc1ccccc1. The zero-order chi connectivity index (χ0) is 17.5. The molecule has 0 spiro atoms. The van der Waals surface area contributed by atoms with Crippen molar-refractivity contribution in [2.75, 3.05) is 6.54 Å². The van der Waals surface area contributed by atoms with E-state index in [-0.39, 0.29) is 12.3 Å². The third kappa shape index (κ3) is 4.58. The first-order valence-corrected chi connectivity index (χ1v) is 8.05. The molecule has 1 N–H and O–H groups in total. The van der Waals surface area contributed by atoms with Gasteiger partial charge in [0.15, 0.2) is 0 Å². The van der Waals surface area contributed by atoms with Gasteiger partial charge in [-0.3, -0.25) is 4.79 Å². The highest BCUT2D eigenvalue weighted by atomic mass is 16.4. The topological polar surface area (TPSA) is 55.1 Å². The number of aryl methyl sites for hydroxylation is 1. The van der Waals surface area contributed by atoms with Crippen molar-refractivity contribution < 1.29 is 9.21 Å². The van der Waals surface area contributed by atoms with Gasteiger partial charge in [0.25, 0.3) is 0 Å². The van der Waals surface area contributed by atoms with E-state index in [1.54, 1.807) is 0 Å². The van der Waals surface area contributed by atoms with Crippen LogP contribution in [0.15, 0.2) is 65.1 Å². The van der Waals surface area contributed by atoms with Crippen molar-refractivity contribution in [1.82, 2.24) is 10.3 Å². The van der Waals surface area contributed by atoms with Gasteiger partial charge in [-0.05, 0) is 31.2 Å². The van der Waals surface area contributed by atoms with Gasteiger partial charge in [0, 0.05) is 11.1 Å². The number of rotatable bonds is 4. The molecule has 3 rings (SSSR count). The number of carbonyl (C=O) groups excluding carboxylic acids is 1. The van der Waals surface area contributed by atoms with Crippen LogP contribution in [0.25, 0.3) is 11.5 Å². The fourth-order valence-electron chi connectivity index (χ4n) is 2.32. The van der Waals surface area contributed by atoms with Crippen molar-refractivity contribution >= 4 is 5.91 Å². The molecule has 1 heterocycles. The van der Waals surface area contributed by atoms with Crippen molar-refractivity contribution in [3.05, 3.63) is 77.7 Å². The van der Waals surface area contributed by atoms with Gasteiger partial charge in [-0.25, -0.2) is 4.98 Å². The van der Waals surface area contributed by atoms with Crippen molar-refractivity contribution in [2.24, 2.45) is 0 Å². The van der Waals surface area contributed by atoms with Crippen LogP contribution >= 0.6 is 0 Å². The van der Waals surface area contributed by atoms with E-state index >= 15 is 0 Å². The first kappa shape index (κ1) is 16.5. The van der Waals surface area contributed by atoms with Crippen molar-refractivity contribution in [1.29, 1.82) is 0 Å². The van der Waals surface area contributed by atoms with Crippen LogP contribution in [0.5, 0.6) is 0 Å². The summed E-state index contributed by atoms with van der Waals surface area (Å²) < 4.78 is 5.67. The lowest BCUT2D eigenvalue weighted by molar-refractivity contribution is -0.120. The molecule has 0 radical (unpaired) electrons. The molecule has 0 aliphatic rings. The number of benzene rings is 2. The summed E-state index contributed by atoms with van der Waals surface area (Å²) in [7, 11) is 0. The number of aromatic nitrogens is 1. The number of nitrogens with zero attached hydrogens (tertiary/aromatic N) is 1. The summed E-state index contributed by atoms with van der Waals surface area (Å²) in [5.74, 6) is 7.00. The first-order chi connectivity index (χ1) is 12.2. The molecule has 0 saturated carbocycles. The molecule has 124 valence electrons. The molecule has 25 heavy (non-hydrogen) atoms. The summed E-state index contributed by atoms with van der Waals surface area (Å²) in [6, 6.07) is 19.3. The van der Waals surface area contributed by atoms with Gasteiger partial charge in [-0.2, -0.15) is 0 Å². The Labute approximate surface area is 146 Å². The van der Waals surface area contributed by atoms with Crippen LogP contribution in [-0.4, -0.2) is 17.4 Å². The molecule has 0 aliphatic carbocycles. The van der Waals surface area contributed by atoms with E-state index in [9.17, 15) is 4.79 Å². The van der Waals surface area contributed by atoms with Crippen LogP contribution in [0.1, 0.15) is 17.0 Å². The molecular weight excluding hydrogens is 312 g/mol. The summed E-state index contributed by atoms with van der Waals surface area (Å²) in [5, 5.41) is 2.78. The number of nitrogens with one attached hydrogen (secondary N) is 1. The van der Waals surface area contributed by atoms with Gasteiger partial charge in [-0.1, -0.05) is 48.2 Å². The monoisotopic (exact) mass is 330 g/mol. The number of amides is 1. The maximum atomic E-state index is 12.1. The molecule has 1 amide bonds. The zero-order valence-corrected chi connectivity index (χ0v) is 14.0. The molecule has 1 aromatic heterocycles. The summed E-state index contributed by atoms with van der Waals surface area (Å²) in [5.41, 5.74) is 2.47. The lowest BCUT2D eigenvalue weighted by Gasteiger charge is -1.99. The van der Waals surface area contributed by atoms with Gasteiger partial charge in [0.1, 0.15) is 5.76 Å². The predicted octanol–water partition coefficient (Wildman–Crippen LogP) is 3.36. The first-order valence-electron chi connectivity index (χ1n) is 8.05. The molecular formula is C21H18N2O2. The number of hydrogen-bond donors (Lipinski definition) is 1. The fourth-order valence-corrected chi connectivity index (χ4v) is 2.32. The average molecular weight is 330 g/mol. The Morgan fingerprint density at radius 3 is 2.48 bits per heavy atom. The Hall–Kier alpha value is -3.32. The molecule has 0 unspecified atom stereocenters. The van der Waals surface area contributed by atoms with E-state index in [1.165, 1.54) is 0 Å². The van der Waals surface area contributed by atoms with Gasteiger partial charge in [-0.15, -0.1) is 0 Å². The molecule has 0 bridgehead atoms. The summed E-state index contributed by atoms with van der Waals surface area (Å²) in [6.45, 7) is 2.12. The molecule has 3 aromatic rings. The largest absolute Gasteiger partial charge is 0.441 e. The number of hydrogen-bond acceptors (Lipinski definition) is 3. The second-order valence-corrected chi connectivity index (χ2v) is 5.51. The van der Waals surface area contributed by atoms with Crippen molar-refractivity contribution in [3.8, 4) is 23.3 Å². The Balaban J connectivity index is 1.57. The Bertz CT molecular complexity index is 903. The van der Waals surface area contributed by atoms with Crippen LogP contribution in [0.4, 0.5) is 0 Å². The highest BCUT2D eigenvalue weighted by molar-refractivity contribution is 5.78. The highest BCUT2D eigenvalue weighted by Crippen LogP contribution is 2.21. The van der Waals surface area contributed by atoms with Crippen LogP contribution in [0.3, 0.4) is 0 Å². The number of carbonyl (C=O) groups is 1. The molecule has 4 nitrogen and oxygen atoms in total. The summed E-state index contributed by atoms with van der Waals surface area (Å²) >= 11 is 0. The minimum Gasteiger partial charge on any atom is -0.441 e. The third-order valence-electron chi connectivity index (χ3n) is 3.62. The molecule has 4 heteroatoms. The van der Waals surface area contributed by atoms with Crippen LogP contribution in [0, 0.1) is 18.8 Å². The Morgan fingerprint density at radius 1 is 1.08 bits per heavy atom. The van der Waals surface area contributed by atoms with Crippen LogP contribution < -0.4 is 5.32 Å². The Morgan fingerprint density at radius 2 is 1.76 bits per heavy atom. The quantitative estimate of drug-likeness (QED) is 0.746. The van der Waals surface area contributed by atoms with Gasteiger partial charge < -0.3 is 9.73 Å². The fraction of sp³-hybridized carbons (Fsp3) is 0.143. The second-order valence-electron chi connectivity index (χ2n) is 5.51. The highest BCUT2D eigenvalue weighted by Gasteiger charge is 2.14. The lowest BCUT2D eigenvalue weighted by atomic mass is 10.2. The normalized spacial score (nSPS) is 9.96. The Kier molecular flexibility index (Phi) is 5.28. The average Bonchev–Trinajstić information content (AvgIpc) is 3.01. The maximum absolute atomic E-state index is 12.1. The smallest absolute Gasteiger partial charge is 0.226 e. The van der Waals surface area contributed by atoms with E-state index in [4.69, 9.17) is 4.42 Å². The maximum Gasteiger partial charge on any atom is 0.226 e. The van der Waals surface area contributed by atoms with E-state index < -0.39 is 0 Å². The molecule has 0 aliphatic heterocycles. The minimum absolute atomic E-state index is 0.127. The predicted molar refractivity (Wildman–Crippen MR) is 96.7 cm³/mol. The number of oxazole rings is 1. The molecule has 0 atom stereocenters. The summed E-state index contributed by atoms with van der Waals surface area (Å²) in [6.07, 6.45) is 0.176. The van der Waals surface area contributed by atoms with Gasteiger partial charge in [0.05, 0.1) is 18.7 Å². The van der Waals surface area contributed by atoms with E-state index in [0.717, 1.165) is 11.1 Å². The summed E-state index contributed by atoms with van der Waals surface area (Å²) in [4.78, 5) is 16.5. The third-order valence-corrected chi connectivity index (χ3v) is 3.62. The van der Waals surface area contributed by atoms with Crippen molar-refractivity contribution in [3.63, 3.8) is 0 Å². The van der Waals surface area contributed by atoms with Crippen LogP contribution in [-0.2, 0) is 11.2 Å². The molecule has 2 aromatic carbocycles.